The quantitative estimate of drug-likeness (QED) is 0.0345. The average molecular weight is 952 g/mol. The standard InChI is InChI=1S/C63H114O5/c1-4-7-10-13-16-19-22-25-27-29-31-33-35-37-40-43-46-49-52-55-58-66-59-61(68-63(65)57-54-51-48-45-42-38-24-21-18-15-12-9-6-3)60-67-62(64)56-53-50-47-44-41-39-36-34-32-30-28-26-23-20-17-14-11-8-5-2/h9,12,16,18-19,21,25,27,38,42,61H,4-8,10-11,13-15,17,20,22-24,26,28-37,39-41,43-60H2,1-3H3/b12-9-,19-16-,21-18-,27-25-,42-38-. The lowest BCUT2D eigenvalue weighted by Gasteiger charge is -2.18. The Morgan fingerprint density at radius 1 is 0.338 bits per heavy atom. The largest absolute Gasteiger partial charge is 0.462 e. The number of ether oxygens (including phenoxy) is 3. The van der Waals surface area contributed by atoms with Crippen molar-refractivity contribution in [2.24, 2.45) is 0 Å². The number of hydrogen-bond acceptors (Lipinski definition) is 5. The highest BCUT2D eigenvalue weighted by molar-refractivity contribution is 5.70. The predicted molar refractivity (Wildman–Crippen MR) is 298 cm³/mol. The van der Waals surface area contributed by atoms with E-state index in [2.05, 4.69) is 81.5 Å². The van der Waals surface area contributed by atoms with Gasteiger partial charge in [-0.1, -0.05) is 268 Å². The minimum atomic E-state index is -0.553. The zero-order chi connectivity index (χ0) is 49.2. The van der Waals surface area contributed by atoms with Gasteiger partial charge in [0.1, 0.15) is 6.61 Å². The maximum absolute atomic E-state index is 12.8. The zero-order valence-corrected chi connectivity index (χ0v) is 45.6. The van der Waals surface area contributed by atoms with Crippen molar-refractivity contribution in [2.45, 2.75) is 309 Å². The molecule has 68 heavy (non-hydrogen) atoms. The number of carbonyl (C=O) groups is 2. The molecule has 0 N–H and O–H groups in total. The molecule has 0 spiro atoms. The fourth-order valence-electron chi connectivity index (χ4n) is 8.62. The molecule has 0 rings (SSSR count). The van der Waals surface area contributed by atoms with Gasteiger partial charge in [-0.15, -0.1) is 0 Å². The summed E-state index contributed by atoms with van der Waals surface area (Å²) in [5.74, 6) is -0.418. The average Bonchev–Trinajstić information content (AvgIpc) is 3.34. The Bertz CT molecular complexity index is 1170. The molecule has 0 aromatic rings. The van der Waals surface area contributed by atoms with Crippen LogP contribution >= 0.6 is 0 Å². The van der Waals surface area contributed by atoms with Gasteiger partial charge in [0.05, 0.1) is 6.61 Å². The molecule has 5 nitrogen and oxygen atoms in total. The number of hydrogen-bond donors (Lipinski definition) is 0. The number of esters is 2. The molecule has 0 saturated heterocycles. The molecule has 1 atom stereocenters. The predicted octanol–water partition coefficient (Wildman–Crippen LogP) is 20.5. The van der Waals surface area contributed by atoms with Gasteiger partial charge in [-0.2, -0.15) is 0 Å². The summed E-state index contributed by atoms with van der Waals surface area (Å²) in [6, 6.07) is 0. The molecule has 396 valence electrons. The second-order valence-corrected chi connectivity index (χ2v) is 19.9. The van der Waals surface area contributed by atoms with Crippen LogP contribution in [0.25, 0.3) is 0 Å². The molecule has 0 aliphatic rings. The molecule has 0 saturated carbocycles. The molecule has 0 aromatic heterocycles. The summed E-state index contributed by atoms with van der Waals surface area (Å²) in [7, 11) is 0. The normalized spacial score (nSPS) is 12.6. The smallest absolute Gasteiger partial charge is 0.306 e. The molecule has 0 fully saturated rings. The van der Waals surface area contributed by atoms with Crippen LogP contribution in [0.2, 0.25) is 0 Å². The highest BCUT2D eigenvalue weighted by Gasteiger charge is 2.17. The molecule has 0 aliphatic carbocycles. The second kappa shape index (κ2) is 58.9. The van der Waals surface area contributed by atoms with E-state index in [0.717, 1.165) is 77.0 Å². The van der Waals surface area contributed by atoms with E-state index < -0.39 is 6.10 Å². The van der Waals surface area contributed by atoms with Gasteiger partial charge in [0, 0.05) is 19.4 Å². The summed E-state index contributed by atoms with van der Waals surface area (Å²) in [6.45, 7) is 7.70. The highest BCUT2D eigenvalue weighted by Crippen LogP contribution is 2.16. The van der Waals surface area contributed by atoms with Crippen LogP contribution < -0.4 is 0 Å². The molecule has 0 heterocycles. The third kappa shape index (κ3) is 56.2. The van der Waals surface area contributed by atoms with E-state index in [1.807, 2.05) is 0 Å². The van der Waals surface area contributed by atoms with Gasteiger partial charge < -0.3 is 14.2 Å². The summed E-state index contributed by atoms with van der Waals surface area (Å²) < 4.78 is 17.5. The van der Waals surface area contributed by atoms with E-state index >= 15 is 0 Å². The van der Waals surface area contributed by atoms with Gasteiger partial charge in [0.15, 0.2) is 6.10 Å². The lowest BCUT2D eigenvalue weighted by atomic mass is 10.0. The first-order valence-electron chi connectivity index (χ1n) is 29.8. The number of unbranched alkanes of at least 4 members (excludes halogenated alkanes) is 34. The fraction of sp³-hybridized carbons (Fsp3) is 0.810. The maximum Gasteiger partial charge on any atom is 0.306 e. The third-order valence-electron chi connectivity index (χ3n) is 13.0. The SMILES string of the molecule is CC/C=C\C/C=C\C/C=C\CCCCCC(=O)OC(COCCCCCCCCCCCC/C=C\C/C=C\CCCCC)COC(=O)CCCCCCCCCCCCCCCCCCCCC. The Hall–Kier alpha value is -2.40. The number of allylic oxidation sites excluding steroid dienone is 10. The number of carbonyl (C=O) groups excluding carboxylic acids is 2. The topological polar surface area (TPSA) is 61.8 Å². The fourth-order valence-corrected chi connectivity index (χ4v) is 8.62. The van der Waals surface area contributed by atoms with Crippen molar-refractivity contribution < 1.29 is 23.8 Å². The van der Waals surface area contributed by atoms with E-state index in [4.69, 9.17) is 14.2 Å². The first-order chi connectivity index (χ1) is 33.6. The first-order valence-corrected chi connectivity index (χ1v) is 29.8. The van der Waals surface area contributed by atoms with Crippen molar-refractivity contribution in [3.8, 4) is 0 Å². The Balaban J connectivity index is 4.23. The van der Waals surface area contributed by atoms with Gasteiger partial charge in [-0.25, -0.2) is 0 Å². The second-order valence-electron chi connectivity index (χ2n) is 19.9. The van der Waals surface area contributed by atoms with Crippen LogP contribution in [0.3, 0.4) is 0 Å². The molecule has 0 bridgehead atoms. The zero-order valence-electron chi connectivity index (χ0n) is 45.6. The van der Waals surface area contributed by atoms with Crippen LogP contribution in [0.15, 0.2) is 60.8 Å². The van der Waals surface area contributed by atoms with Gasteiger partial charge >= 0.3 is 11.9 Å². The molecular formula is C63H114O5. The molecule has 0 amide bonds. The van der Waals surface area contributed by atoms with Crippen LogP contribution in [0.1, 0.15) is 303 Å². The van der Waals surface area contributed by atoms with E-state index in [1.54, 1.807) is 0 Å². The molecule has 5 heteroatoms. The van der Waals surface area contributed by atoms with Crippen LogP contribution in [-0.2, 0) is 23.8 Å². The van der Waals surface area contributed by atoms with E-state index in [0.29, 0.717) is 19.4 Å². The first kappa shape index (κ1) is 65.6. The van der Waals surface area contributed by atoms with Crippen LogP contribution in [0.5, 0.6) is 0 Å². The van der Waals surface area contributed by atoms with Crippen LogP contribution in [0.4, 0.5) is 0 Å². The Morgan fingerprint density at radius 3 is 1.10 bits per heavy atom. The number of rotatable bonds is 55. The summed E-state index contributed by atoms with van der Waals surface area (Å²) >= 11 is 0. The third-order valence-corrected chi connectivity index (χ3v) is 13.0. The Kier molecular flexibility index (Phi) is 56.8. The molecular weight excluding hydrogens is 837 g/mol. The van der Waals surface area contributed by atoms with Crippen LogP contribution in [0, 0.1) is 0 Å². The summed E-state index contributed by atoms with van der Waals surface area (Å²) in [5.41, 5.74) is 0. The van der Waals surface area contributed by atoms with Crippen molar-refractivity contribution in [2.75, 3.05) is 19.8 Å². The van der Waals surface area contributed by atoms with Gasteiger partial charge in [-0.05, 0) is 83.5 Å². The Morgan fingerprint density at radius 2 is 0.662 bits per heavy atom. The van der Waals surface area contributed by atoms with Gasteiger partial charge in [-0.3, -0.25) is 9.59 Å². The summed E-state index contributed by atoms with van der Waals surface area (Å²) in [6.07, 6.45) is 75.4. The van der Waals surface area contributed by atoms with Crippen molar-refractivity contribution in [1.29, 1.82) is 0 Å². The molecule has 0 radical (unpaired) electrons. The summed E-state index contributed by atoms with van der Waals surface area (Å²) in [4.78, 5) is 25.5. The highest BCUT2D eigenvalue weighted by atomic mass is 16.6. The van der Waals surface area contributed by atoms with Crippen LogP contribution in [-0.4, -0.2) is 37.9 Å². The lowest BCUT2D eigenvalue weighted by molar-refractivity contribution is -0.163. The van der Waals surface area contributed by atoms with E-state index in [-0.39, 0.29) is 25.2 Å². The molecule has 0 aromatic carbocycles. The minimum absolute atomic E-state index is 0.0748. The molecule has 0 aliphatic heterocycles. The van der Waals surface area contributed by atoms with Crippen molar-refractivity contribution >= 4 is 11.9 Å². The Labute approximate surface area is 424 Å². The van der Waals surface area contributed by atoms with Gasteiger partial charge in [0.25, 0.3) is 0 Å². The monoisotopic (exact) mass is 951 g/mol. The maximum atomic E-state index is 12.8. The lowest BCUT2D eigenvalue weighted by Crippen LogP contribution is -2.30. The van der Waals surface area contributed by atoms with Crippen molar-refractivity contribution in [3.05, 3.63) is 60.8 Å². The van der Waals surface area contributed by atoms with Crippen molar-refractivity contribution in [3.63, 3.8) is 0 Å². The molecule has 1 unspecified atom stereocenters. The van der Waals surface area contributed by atoms with Gasteiger partial charge in [0.2, 0.25) is 0 Å². The van der Waals surface area contributed by atoms with Crippen molar-refractivity contribution in [1.82, 2.24) is 0 Å². The minimum Gasteiger partial charge on any atom is -0.462 e. The van der Waals surface area contributed by atoms with E-state index in [9.17, 15) is 9.59 Å². The van der Waals surface area contributed by atoms with E-state index in [1.165, 1.54) is 193 Å². The summed E-state index contributed by atoms with van der Waals surface area (Å²) in [5, 5.41) is 0.